The van der Waals surface area contributed by atoms with Crippen LogP contribution in [0.3, 0.4) is 0 Å². The molecule has 0 atom stereocenters. The van der Waals surface area contributed by atoms with E-state index in [1.165, 1.54) is 4.90 Å². The summed E-state index contributed by atoms with van der Waals surface area (Å²) in [6, 6.07) is 1.56. The molecule has 1 saturated heterocycles. The Hall–Kier alpha value is -2.42. The van der Waals surface area contributed by atoms with E-state index in [1.54, 1.807) is 23.0 Å². The number of hydrogen-bond donors (Lipinski definition) is 2. The monoisotopic (exact) mass is 391 g/mol. The van der Waals surface area contributed by atoms with E-state index in [4.69, 9.17) is 5.11 Å². The van der Waals surface area contributed by atoms with Crippen LogP contribution >= 0.6 is 15.9 Å². The summed E-state index contributed by atoms with van der Waals surface area (Å²) < 4.78 is 2.52. The fourth-order valence-corrected chi connectivity index (χ4v) is 3.82. The van der Waals surface area contributed by atoms with Gasteiger partial charge in [0.25, 0.3) is 5.56 Å². The van der Waals surface area contributed by atoms with E-state index in [1.807, 2.05) is 0 Å². The Morgan fingerprint density at radius 2 is 2.08 bits per heavy atom. The van der Waals surface area contributed by atoms with Gasteiger partial charge in [-0.2, -0.15) is 5.10 Å². The van der Waals surface area contributed by atoms with E-state index in [-0.39, 0.29) is 11.5 Å². The molecular weight excluding hydrogens is 378 g/mol. The molecule has 1 fully saturated rings. The maximum absolute atomic E-state index is 12.1. The van der Waals surface area contributed by atoms with Crippen molar-refractivity contribution in [3.05, 3.63) is 39.0 Å². The zero-order valence-corrected chi connectivity index (χ0v) is 14.2. The van der Waals surface area contributed by atoms with Gasteiger partial charge in [-0.25, -0.2) is 9.31 Å². The Balaban J connectivity index is 1.84. The van der Waals surface area contributed by atoms with Crippen LogP contribution in [0.15, 0.2) is 27.7 Å². The summed E-state index contributed by atoms with van der Waals surface area (Å²) in [6.07, 6.45) is 3.76. The molecule has 1 amide bonds. The van der Waals surface area contributed by atoms with Crippen molar-refractivity contribution in [1.29, 1.82) is 0 Å². The number of aromatic amines is 1. The Morgan fingerprint density at radius 1 is 1.33 bits per heavy atom. The molecule has 0 spiro atoms. The average Bonchev–Trinajstić information content (AvgIpc) is 2.94. The second-order valence-electron chi connectivity index (χ2n) is 5.88. The van der Waals surface area contributed by atoms with Crippen LogP contribution < -0.4 is 5.56 Å². The topological polar surface area (TPSA) is 104 Å². The van der Waals surface area contributed by atoms with E-state index in [0.29, 0.717) is 37.1 Å². The minimum absolute atomic E-state index is 0.0893. The predicted molar refractivity (Wildman–Crippen MR) is 90.4 cm³/mol. The van der Waals surface area contributed by atoms with Crippen molar-refractivity contribution < 1.29 is 9.90 Å². The number of halogens is 1. The fourth-order valence-electron chi connectivity index (χ4n) is 3.31. The molecule has 0 aliphatic carbocycles. The van der Waals surface area contributed by atoms with E-state index in [9.17, 15) is 9.59 Å². The zero-order valence-electron chi connectivity index (χ0n) is 12.6. The molecule has 3 aromatic rings. The highest BCUT2D eigenvalue weighted by molar-refractivity contribution is 9.10. The number of piperidine rings is 1. The summed E-state index contributed by atoms with van der Waals surface area (Å²) in [5.41, 5.74) is 1.93. The lowest BCUT2D eigenvalue weighted by molar-refractivity contribution is 0.131. The molecule has 0 saturated carbocycles. The van der Waals surface area contributed by atoms with E-state index in [2.05, 4.69) is 31.0 Å². The number of carboxylic acid groups (broad SMARTS) is 1. The summed E-state index contributed by atoms with van der Waals surface area (Å²) in [7, 11) is 0. The lowest BCUT2D eigenvalue weighted by atomic mass is 9.93. The van der Waals surface area contributed by atoms with Crippen molar-refractivity contribution in [3.8, 4) is 0 Å². The van der Waals surface area contributed by atoms with E-state index < -0.39 is 6.09 Å². The third-order valence-electron chi connectivity index (χ3n) is 4.48. The number of fused-ring (bicyclic) bond motifs is 3. The van der Waals surface area contributed by atoms with E-state index >= 15 is 0 Å². The van der Waals surface area contributed by atoms with Gasteiger partial charge in [0, 0.05) is 35.7 Å². The van der Waals surface area contributed by atoms with Crippen molar-refractivity contribution in [1.82, 2.24) is 24.5 Å². The maximum atomic E-state index is 12.1. The minimum Gasteiger partial charge on any atom is -0.465 e. The van der Waals surface area contributed by atoms with Gasteiger partial charge in [-0.1, -0.05) is 0 Å². The highest BCUT2D eigenvalue weighted by atomic mass is 79.9. The predicted octanol–water partition coefficient (Wildman–Crippen LogP) is 2.19. The second-order valence-corrected chi connectivity index (χ2v) is 6.73. The van der Waals surface area contributed by atoms with Crippen LogP contribution in [0.1, 0.15) is 24.5 Å². The highest BCUT2D eigenvalue weighted by Gasteiger charge is 2.26. The molecule has 0 radical (unpaired) electrons. The lowest BCUT2D eigenvalue weighted by Crippen LogP contribution is -2.37. The van der Waals surface area contributed by atoms with Crippen LogP contribution in [0.25, 0.3) is 16.6 Å². The number of carbonyl (C=O) groups is 1. The standard InChI is InChI=1S/C15H14BrN5O3/c16-9-6-17-7-10-13(9)14-18-12(22)5-11(21(14)19-10)8-1-3-20(4-2-8)15(23)24/h5-8H,1-4H2,(H,18,22)(H,23,24). The molecule has 24 heavy (non-hydrogen) atoms. The first-order valence-electron chi connectivity index (χ1n) is 7.57. The molecule has 0 unspecified atom stereocenters. The quantitative estimate of drug-likeness (QED) is 0.661. The summed E-state index contributed by atoms with van der Waals surface area (Å²) in [5.74, 6) is 0.0893. The van der Waals surface area contributed by atoms with Crippen LogP contribution in [-0.2, 0) is 0 Å². The summed E-state index contributed by atoms with van der Waals surface area (Å²) in [4.78, 5) is 31.6. The van der Waals surface area contributed by atoms with Gasteiger partial charge in [0.2, 0.25) is 0 Å². The molecule has 124 valence electrons. The molecule has 1 aliphatic rings. The molecule has 4 heterocycles. The highest BCUT2D eigenvalue weighted by Crippen LogP contribution is 2.31. The van der Waals surface area contributed by atoms with E-state index in [0.717, 1.165) is 15.6 Å². The number of rotatable bonds is 1. The van der Waals surface area contributed by atoms with Crippen LogP contribution in [0.4, 0.5) is 4.79 Å². The molecule has 8 nitrogen and oxygen atoms in total. The number of pyridine rings is 1. The number of hydrogen-bond acceptors (Lipinski definition) is 4. The normalized spacial score (nSPS) is 16.1. The Kier molecular flexibility index (Phi) is 3.52. The number of amides is 1. The van der Waals surface area contributed by atoms with Gasteiger partial charge in [0.05, 0.1) is 17.3 Å². The SMILES string of the molecule is O=C(O)N1CCC(c2cc(=O)[nH]c3c4c(Br)cncc4nn23)CC1. The number of H-pyrrole nitrogens is 1. The Labute approximate surface area is 144 Å². The van der Waals surface area contributed by atoms with Crippen molar-refractivity contribution >= 4 is 38.6 Å². The third kappa shape index (κ3) is 2.35. The maximum Gasteiger partial charge on any atom is 0.407 e. The average molecular weight is 392 g/mol. The summed E-state index contributed by atoms with van der Waals surface area (Å²) >= 11 is 3.46. The van der Waals surface area contributed by atoms with Crippen LogP contribution in [0.5, 0.6) is 0 Å². The summed E-state index contributed by atoms with van der Waals surface area (Å²) in [6.45, 7) is 0.917. The van der Waals surface area contributed by atoms with Gasteiger partial charge in [0.15, 0.2) is 0 Å². The number of nitrogens with one attached hydrogen (secondary N) is 1. The first-order chi connectivity index (χ1) is 11.5. The van der Waals surface area contributed by atoms with Gasteiger partial charge in [-0.15, -0.1) is 0 Å². The van der Waals surface area contributed by atoms with Gasteiger partial charge >= 0.3 is 6.09 Å². The molecular formula is C15H14BrN5O3. The first-order valence-corrected chi connectivity index (χ1v) is 8.37. The lowest BCUT2D eigenvalue weighted by Gasteiger charge is -2.30. The number of nitrogens with zero attached hydrogens (tertiary/aromatic N) is 4. The first kappa shape index (κ1) is 15.1. The number of aromatic nitrogens is 4. The molecule has 0 bridgehead atoms. The molecule has 9 heteroatoms. The Morgan fingerprint density at radius 3 is 2.79 bits per heavy atom. The van der Waals surface area contributed by atoms with Gasteiger partial charge in [-0.3, -0.25) is 9.78 Å². The van der Waals surface area contributed by atoms with Crippen molar-refractivity contribution in [2.75, 3.05) is 13.1 Å². The molecule has 4 rings (SSSR count). The summed E-state index contributed by atoms with van der Waals surface area (Å²) in [5, 5.41) is 14.5. The van der Waals surface area contributed by atoms with Crippen LogP contribution in [0, 0.1) is 0 Å². The van der Waals surface area contributed by atoms with Gasteiger partial charge in [-0.05, 0) is 28.8 Å². The van der Waals surface area contributed by atoms with Crippen LogP contribution in [-0.4, -0.2) is 48.8 Å². The van der Waals surface area contributed by atoms with Gasteiger partial charge in [0.1, 0.15) is 11.2 Å². The van der Waals surface area contributed by atoms with Crippen molar-refractivity contribution in [3.63, 3.8) is 0 Å². The zero-order chi connectivity index (χ0) is 16.8. The van der Waals surface area contributed by atoms with Crippen molar-refractivity contribution in [2.45, 2.75) is 18.8 Å². The smallest absolute Gasteiger partial charge is 0.407 e. The number of likely N-dealkylation sites (tertiary alicyclic amines) is 1. The largest absolute Gasteiger partial charge is 0.465 e. The van der Waals surface area contributed by atoms with Gasteiger partial charge < -0.3 is 15.0 Å². The molecule has 2 N–H and O–H groups in total. The fraction of sp³-hybridized carbons (Fsp3) is 0.333. The third-order valence-corrected chi connectivity index (χ3v) is 5.09. The molecule has 0 aromatic carbocycles. The molecule has 3 aromatic heterocycles. The minimum atomic E-state index is -0.899. The molecule has 1 aliphatic heterocycles. The van der Waals surface area contributed by atoms with Crippen molar-refractivity contribution in [2.24, 2.45) is 0 Å². The Bertz CT molecular complexity index is 1000. The van der Waals surface area contributed by atoms with Crippen LogP contribution in [0.2, 0.25) is 0 Å². The second kappa shape index (κ2) is 5.59.